The van der Waals surface area contributed by atoms with Gasteiger partial charge in [0.1, 0.15) is 11.6 Å². The Hall–Kier alpha value is -6.35. The number of phenols is 1. The molecule has 0 spiro atoms. The van der Waals surface area contributed by atoms with Crippen molar-refractivity contribution in [3.63, 3.8) is 0 Å². The summed E-state index contributed by atoms with van der Waals surface area (Å²) in [5.41, 5.74) is 14.7. The number of nitrogens with zero attached hydrogens (tertiary/aromatic N) is 3. The van der Waals surface area contributed by atoms with Crippen LogP contribution in [0.1, 0.15) is 26.3 Å². The van der Waals surface area contributed by atoms with Gasteiger partial charge < -0.3 is 5.11 Å². The van der Waals surface area contributed by atoms with Gasteiger partial charge in [-0.25, -0.2) is 4.98 Å². The Balaban J connectivity index is 0.00000455. The number of para-hydroxylation sites is 2. The van der Waals surface area contributed by atoms with E-state index in [9.17, 15) is 5.11 Å². The van der Waals surface area contributed by atoms with Crippen molar-refractivity contribution in [1.82, 2.24) is 14.5 Å². The average molecular weight is 918 g/mol. The van der Waals surface area contributed by atoms with Crippen LogP contribution in [0.25, 0.3) is 83.9 Å². The largest absolute Gasteiger partial charge is 0.507 e. The quantitative estimate of drug-likeness (QED) is 0.162. The fourth-order valence-electron chi connectivity index (χ4n) is 7.43. The Labute approximate surface area is 348 Å². The maximum absolute atomic E-state index is 11.3. The van der Waals surface area contributed by atoms with E-state index >= 15 is 0 Å². The van der Waals surface area contributed by atoms with E-state index in [1.807, 2.05) is 48.7 Å². The number of benzene rings is 7. The van der Waals surface area contributed by atoms with Crippen LogP contribution >= 0.6 is 0 Å². The molecule has 280 valence electrons. The Bertz CT molecular complexity index is 2840. The van der Waals surface area contributed by atoms with Crippen LogP contribution in [-0.2, 0) is 26.5 Å². The molecule has 0 radical (unpaired) electrons. The SMILES string of the molecule is CC(C)(C)c1cc(-c2ccccc2)cc(-n2c(-c3ccccc3O)nc3c(-c4[c-]c(-c5cc(-c6ccccc6)ccn5)cc(-c5ccccc5)c4)cccc32)c1.[Pt]. The monoisotopic (exact) mass is 917 g/mol. The molecular formula is C52H40N3OPt-. The number of rotatable bonds is 7. The Morgan fingerprint density at radius 1 is 0.526 bits per heavy atom. The van der Waals surface area contributed by atoms with Crippen molar-refractivity contribution in [3.8, 4) is 78.6 Å². The predicted molar refractivity (Wildman–Crippen MR) is 231 cm³/mol. The molecule has 0 atom stereocenters. The molecule has 4 nitrogen and oxygen atoms in total. The molecule has 0 unspecified atom stereocenters. The molecule has 0 aliphatic heterocycles. The van der Waals surface area contributed by atoms with E-state index in [2.05, 4.69) is 159 Å². The van der Waals surface area contributed by atoms with Crippen molar-refractivity contribution >= 4 is 11.0 Å². The number of imidazole rings is 1. The van der Waals surface area contributed by atoms with Gasteiger partial charge in [0, 0.05) is 38.6 Å². The predicted octanol–water partition coefficient (Wildman–Crippen LogP) is 13.2. The van der Waals surface area contributed by atoms with Crippen LogP contribution in [0.3, 0.4) is 0 Å². The molecule has 9 rings (SSSR count). The van der Waals surface area contributed by atoms with Gasteiger partial charge in [0.25, 0.3) is 0 Å². The molecule has 2 aromatic heterocycles. The van der Waals surface area contributed by atoms with Crippen molar-refractivity contribution in [2.24, 2.45) is 0 Å². The second-order valence-electron chi connectivity index (χ2n) is 15.2. The van der Waals surface area contributed by atoms with Gasteiger partial charge in [-0.2, -0.15) is 0 Å². The maximum atomic E-state index is 11.3. The number of hydrogen-bond acceptors (Lipinski definition) is 3. The summed E-state index contributed by atoms with van der Waals surface area (Å²) in [6, 6.07) is 64.2. The first-order valence-electron chi connectivity index (χ1n) is 19.0. The van der Waals surface area contributed by atoms with E-state index in [0.29, 0.717) is 11.4 Å². The second-order valence-corrected chi connectivity index (χ2v) is 15.2. The number of hydrogen-bond donors (Lipinski definition) is 1. The first-order valence-corrected chi connectivity index (χ1v) is 19.0. The van der Waals surface area contributed by atoms with E-state index in [1.165, 1.54) is 5.56 Å². The van der Waals surface area contributed by atoms with Crippen LogP contribution in [0.4, 0.5) is 0 Å². The van der Waals surface area contributed by atoms with Crippen molar-refractivity contribution < 1.29 is 26.2 Å². The summed E-state index contributed by atoms with van der Waals surface area (Å²) < 4.78 is 2.20. The van der Waals surface area contributed by atoms with E-state index in [4.69, 9.17) is 9.97 Å². The minimum atomic E-state index is -0.120. The average Bonchev–Trinajstić information content (AvgIpc) is 3.64. The zero-order chi connectivity index (χ0) is 38.2. The Morgan fingerprint density at radius 3 is 1.75 bits per heavy atom. The zero-order valence-electron chi connectivity index (χ0n) is 31.9. The molecule has 0 bridgehead atoms. The second kappa shape index (κ2) is 15.7. The number of aromatic hydroxyl groups is 1. The topological polar surface area (TPSA) is 50.9 Å². The molecule has 1 N–H and O–H groups in total. The summed E-state index contributed by atoms with van der Waals surface area (Å²) in [6.07, 6.45) is 1.87. The van der Waals surface area contributed by atoms with E-state index in [1.54, 1.807) is 6.07 Å². The number of pyridine rings is 1. The van der Waals surface area contributed by atoms with Crippen LogP contribution in [0.15, 0.2) is 182 Å². The molecule has 5 heteroatoms. The van der Waals surface area contributed by atoms with E-state index in [-0.39, 0.29) is 32.2 Å². The standard InChI is InChI=1S/C52H40N3O.Pt/c1-52(2,3)43-31-40(37-20-11-6-12-21-37)32-44(34-43)55-48-24-15-23-45(50(48)54-51(55)46-22-13-14-25-49(46)56)41-28-39(36-18-9-5-10-19-36)29-42(30-41)47-33-38(26-27-53-47)35-16-7-4-8-17-35;/h4-29,31-34,56H,1-3H3;/q-1;. The smallest absolute Gasteiger partial charge is 0.148 e. The summed E-state index contributed by atoms with van der Waals surface area (Å²) >= 11 is 0. The third-order valence-electron chi connectivity index (χ3n) is 10.4. The minimum absolute atomic E-state index is 0. The third-order valence-corrected chi connectivity index (χ3v) is 10.4. The summed E-state index contributed by atoms with van der Waals surface area (Å²) in [5.74, 6) is 0.831. The van der Waals surface area contributed by atoms with Gasteiger partial charge in [-0.1, -0.05) is 165 Å². The number of fused-ring (bicyclic) bond motifs is 1. The fourth-order valence-corrected chi connectivity index (χ4v) is 7.43. The summed E-state index contributed by atoms with van der Waals surface area (Å²) in [4.78, 5) is 10.3. The molecule has 9 aromatic rings. The van der Waals surface area contributed by atoms with Crippen molar-refractivity contribution in [1.29, 1.82) is 0 Å². The van der Waals surface area contributed by atoms with Crippen LogP contribution in [0.2, 0.25) is 0 Å². The molecular weight excluding hydrogens is 878 g/mol. The molecule has 7 aromatic carbocycles. The van der Waals surface area contributed by atoms with Crippen LogP contribution < -0.4 is 0 Å². The first kappa shape index (κ1) is 37.6. The van der Waals surface area contributed by atoms with E-state index < -0.39 is 0 Å². The molecule has 0 saturated heterocycles. The zero-order valence-corrected chi connectivity index (χ0v) is 34.2. The normalized spacial score (nSPS) is 11.4. The summed E-state index contributed by atoms with van der Waals surface area (Å²) in [7, 11) is 0. The van der Waals surface area contributed by atoms with Gasteiger partial charge in [-0.15, -0.1) is 23.8 Å². The van der Waals surface area contributed by atoms with Crippen LogP contribution in [0.5, 0.6) is 5.75 Å². The summed E-state index contributed by atoms with van der Waals surface area (Å²) in [5, 5.41) is 11.3. The third kappa shape index (κ3) is 7.49. The Kier molecular flexibility index (Phi) is 10.3. The van der Waals surface area contributed by atoms with Crippen molar-refractivity contribution in [3.05, 3.63) is 194 Å². The molecule has 57 heavy (non-hydrogen) atoms. The van der Waals surface area contributed by atoms with Gasteiger partial charge in [0.2, 0.25) is 0 Å². The molecule has 0 saturated carbocycles. The van der Waals surface area contributed by atoms with Crippen molar-refractivity contribution in [2.75, 3.05) is 0 Å². The van der Waals surface area contributed by atoms with Gasteiger partial charge in [0.05, 0.1) is 16.6 Å². The van der Waals surface area contributed by atoms with Gasteiger partial charge in [-0.3, -0.25) is 9.55 Å². The molecule has 0 fully saturated rings. The molecule has 0 aliphatic rings. The van der Waals surface area contributed by atoms with Gasteiger partial charge >= 0.3 is 0 Å². The number of aromatic nitrogens is 3. The summed E-state index contributed by atoms with van der Waals surface area (Å²) in [6.45, 7) is 6.73. The van der Waals surface area contributed by atoms with E-state index in [0.717, 1.165) is 72.5 Å². The maximum Gasteiger partial charge on any atom is 0.148 e. The van der Waals surface area contributed by atoms with Crippen LogP contribution in [0, 0.1) is 6.07 Å². The molecule has 2 heterocycles. The molecule has 0 amide bonds. The van der Waals surface area contributed by atoms with Crippen molar-refractivity contribution in [2.45, 2.75) is 26.2 Å². The number of phenolic OH excluding ortho intramolecular Hbond substituents is 1. The Morgan fingerprint density at radius 2 is 1.11 bits per heavy atom. The van der Waals surface area contributed by atoms with Gasteiger partial charge in [-0.05, 0) is 75.2 Å². The fraction of sp³-hybridized carbons (Fsp3) is 0.0769. The molecule has 0 aliphatic carbocycles. The first-order chi connectivity index (χ1) is 27.3. The van der Waals surface area contributed by atoms with Gasteiger partial charge in [0.15, 0.2) is 0 Å². The van der Waals surface area contributed by atoms with Crippen LogP contribution in [-0.4, -0.2) is 19.6 Å². The minimum Gasteiger partial charge on any atom is -0.507 e.